The van der Waals surface area contributed by atoms with Crippen molar-refractivity contribution in [3.63, 3.8) is 0 Å². The summed E-state index contributed by atoms with van der Waals surface area (Å²) in [6.07, 6.45) is -2.20. The number of primary amides is 2. The van der Waals surface area contributed by atoms with Crippen LogP contribution in [0.3, 0.4) is 0 Å². The molecule has 3 aromatic rings. The van der Waals surface area contributed by atoms with Crippen LogP contribution in [0.4, 0.5) is 21.2 Å². The average molecular weight is 527 g/mol. The van der Waals surface area contributed by atoms with Gasteiger partial charge >= 0.3 is 24.1 Å². The standard InChI is InChI=1S/C21H21N9O8/c22-19-29-15-14(17(33)30-19)27-11(8-26-15)7-25-10-3-1-9(2-4-10)16(32)28-12(18(34)38-21(24)36)5-6-13(31)37-20(23)35/h1-4,8,12,25H,5-7H2,(H2,23,35)(H2,24,36)(H,28,32)(H3,22,26,29,30,33)/t12-/m0/s1. The Morgan fingerprint density at radius 1 is 1.00 bits per heavy atom. The van der Waals surface area contributed by atoms with Crippen LogP contribution in [0, 0.1) is 0 Å². The second-order valence-corrected chi connectivity index (χ2v) is 7.51. The fraction of sp³-hybridized carbons (Fsp3) is 0.190. The maximum absolute atomic E-state index is 12.6. The molecule has 0 unspecified atom stereocenters. The molecule has 17 nitrogen and oxygen atoms in total. The highest BCUT2D eigenvalue weighted by Crippen LogP contribution is 2.13. The van der Waals surface area contributed by atoms with Gasteiger partial charge in [-0.1, -0.05) is 0 Å². The first-order valence-corrected chi connectivity index (χ1v) is 10.7. The van der Waals surface area contributed by atoms with E-state index in [-0.39, 0.29) is 35.6 Å². The third kappa shape index (κ3) is 7.44. The molecule has 0 aliphatic heterocycles. The fourth-order valence-corrected chi connectivity index (χ4v) is 3.07. The average Bonchev–Trinajstić information content (AvgIpc) is 2.84. The fourth-order valence-electron chi connectivity index (χ4n) is 3.07. The number of aromatic amines is 1. The lowest BCUT2D eigenvalue weighted by molar-refractivity contribution is -0.140. The Morgan fingerprint density at radius 2 is 1.68 bits per heavy atom. The molecule has 198 valence electrons. The number of aromatic nitrogens is 4. The van der Waals surface area contributed by atoms with E-state index < -0.39 is 48.1 Å². The Kier molecular flexibility index (Phi) is 8.44. The molecule has 0 spiro atoms. The van der Waals surface area contributed by atoms with Crippen molar-refractivity contribution >= 4 is 52.8 Å². The van der Waals surface area contributed by atoms with Gasteiger partial charge in [0, 0.05) is 17.7 Å². The first-order chi connectivity index (χ1) is 18.0. The molecule has 2 aromatic heterocycles. The van der Waals surface area contributed by atoms with Crippen molar-refractivity contribution in [2.45, 2.75) is 25.4 Å². The zero-order valence-corrected chi connectivity index (χ0v) is 19.4. The lowest BCUT2D eigenvalue weighted by Crippen LogP contribution is -2.43. The molecule has 3 rings (SSSR count). The molecule has 0 radical (unpaired) electrons. The normalized spacial score (nSPS) is 11.3. The number of carbonyl (C=O) groups excluding carboxylic acids is 5. The van der Waals surface area contributed by atoms with E-state index in [9.17, 15) is 28.8 Å². The lowest BCUT2D eigenvalue weighted by Gasteiger charge is -2.16. The molecule has 2 heterocycles. The predicted octanol–water partition coefficient (Wildman–Crippen LogP) is -0.970. The predicted molar refractivity (Wildman–Crippen MR) is 128 cm³/mol. The number of anilines is 2. The van der Waals surface area contributed by atoms with Gasteiger partial charge in [-0.05, 0) is 30.7 Å². The zero-order chi connectivity index (χ0) is 27.8. The van der Waals surface area contributed by atoms with Crippen LogP contribution in [-0.2, 0) is 25.6 Å². The van der Waals surface area contributed by atoms with Gasteiger partial charge in [0.15, 0.2) is 11.2 Å². The Bertz CT molecular complexity index is 1460. The van der Waals surface area contributed by atoms with Gasteiger partial charge in [-0.2, -0.15) is 4.98 Å². The van der Waals surface area contributed by atoms with Crippen molar-refractivity contribution in [2.24, 2.45) is 11.5 Å². The van der Waals surface area contributed by atoms with Gasteiger partial charge in [0.25, 0.3) is 11.5 Å². The molecule has 9 N–H and O–H groups in total. The van der Waals surface area contributed by atoms with Gasteiger partial charge in [0.05, 0.1) is 18.4 Å². The van der Waals surface area contributed by atoms with Crippen LogP contribution in [0.15, 0.2) is 35.3 Å². The third-order valence-electron chi connectivity index (χ3n) is 4.75. The number of nitrogens with two attached hydrogens (primary N) is 3. The number of nitrogen functional groups attached to an aromatic ring is 1. The number of hydrogen-bond donors (Lipinski definition) is 6. The number of amides is 3. The highest BCUT2D eigenvalue weighted by molar-refractivity contribution is 5.98. The summed E-state index contributed by atoms with van der Waals surface area (Å²) in [7, 11) is 0. The first-order valence-electron chi connectivity index (χ1n) is 10.7. The number of nitrogens with zero attached hydrogens (tertiary/aromatic N) is 3. The van der Waals surface area contributed by atoms with Crippen LogP contribution < -0.4 is 33.4 Å². The molecule has 1 atom stereocenters. The summed E-state index contributed by atoms with van der Waals surface area (Å²) in [6, 6.07) is 4.50. The number of carbonyl (C=O) groups is 5. The number of ether oxygens (including phenoxy) is 2. The number of rotatable bonds is 9. The van der Waals surface area contributed by atoms with Crippen molar-refractivity contribution in [3.8, 4) is 0 Å². The minimum absolute atomic E-state index is 0.0258. The van der Waals surface area contributed by atoms with Crippen LogP contribution in [0.2, 0.25) is 0 Å². The smallest absolute Gasteiger partial charge is 0.379 e. The molecule has 1 aromatic carbocycles. The molecule has 0 saturated carbocycles. The van der Waals surface area contributed by atoms with E-state index in [1.807, 2.05) is 0 Å². The van der Waals surface area contributed by atoms with Crippen LogP contribution in [0.5, 0.6) is 0 Å². The van der Waals surface area contributed by atoms with E-state index in [0.717, 1.165) is 0 Å². The van der Waals surface area contributed by atoms with Crippen molar-refractivity contribution in [3.05, 3.63) is 52.1 Å². The quantitative estimate of drug-likeness (QED) is 0.144. The zero-order valence-electron chi connectivity index (χ0n) is 19.4. The van der Waals surface area contributed by atoms with E-state index >= 15 is 0 Å². The summed E-state index contributed by atoms with van der Waals surface area (Å²) in [4.78, 5) is 84.3. The molecule has 0 fully saturated rings. The van der Waals surface area contributed by atoms with E-state index in [1.54, 1.807) is 12.1 Å². The highest BCUT2D eigenvalue weighted by atomic mass is 16.6. The molecular weight excluding hydrogens is 506 g/mol. The molecule has 0 aliphatic rings. The molecule has 0 bridgehead atoms. The molecule has 0 saturated heterocycles. The van der Waals surface area contributed by atoms with Crippen LogP contribution in [0.25, 0.3) is 11.2 Å². The van der Waals surface area contributed by atoms with Gasteiger partial charge in [0.2, 0.25) is 5.95 Å². The van der Waals surface area contributed by atoms with Crippen molar-refractivity contribution in [2.75, 3.05) is 11.1 Å². The summed E-state index contributed by atoms with van der Waals surface area (Å²) in [5, 5.41) is 5.36. The summed E-state index contributed by atoms with van der Waals surface area (Å²) >= 11 is 0. The third-order valence-corrected chi connectivity index (χ3v) is 4.75. The minimum atomic E-state index is -1.47. The van der Waals surface area contributed by atoms with Crippen LogP contribution in [-0.4, -0.2) is 56.0 Å². The SMILES string of the molecule is NC(=O)OC(=O)CC[C@H](NC(=O)c1ccc(NCc2cnc3nc(N)[nH]c(=O)c3n2)cc1)C(=O)OC(N)=O. The molecule has 17 heteroatoms. The van der Waals surface area contributed by atoms with Gasteiger partial charge in [-0.3, -0.25) is 19.4 Å². The number of fused-ring (bicyclic) bond motifs is 1. The maximum Gasteiger partial charge on any atom is 0.412 e. The molecular formula is C21H21N9O8. The second kappa shape index (κ2) is 11.9. The number of hydrogen-bond acceptors (Lipinski definition) is 13. The van der Waals surface area contributed by atoms with Gasteiger partial charge in [-0.25, -0.2) is 24.4 Å². The molecule has 3 amide bonds. The number of H-pyrrole nitrogens is 1. The lowest BCUT2D eigenvalue weighted by atomic mass is 10.1. The van der Waals surface area contributed by atoms with E-state index in [1.165, 1.54) is 18.3 Å². The number of benzene rings is 1. The van der Waals surface area contributed by atoms with Gasteiger partial charge in [-0.15, -0.1) is 0 Å². The van der Waals surface area contributed by atoms with E-state index in [2.05, 4.69) is 40.0 Å². The molecule has 38 heavy (non-hydrogen) atoms. The van der Waals surface area contributed by atoms with Crippen molar-refractivity contribution in [1.29, 1.82) is 0 Å². The Hall–Kier alpha value is -5.61. The minimum Gasteiger partial charge on any atom is -0.379 e. The Balaban J connectivity index is 1.63. The number of nitrogens with one attached hydrogen (secondary N) is 3. The summed E-state index contributed by atoms with van der Waals surface area (Å²) in [5.41, 5.74) is 15.8. The molecule has 0 aliphatic carbocycles. The first kappa shape index (κ1) is 27.0. The summed E-state index contributed by atoms with van der Waals surface area (Å²) in [5.74, 6) is -3.09. The maximum atomic E-state index is 12.6. The Labute approximate surface area is 212 Å². The highest BCUT2D eigenvalue weighted by Gasteiger charge is 2.26. The monoisotopic (exact) mass is 527 g/mol. The summed E-state index contributed by atoms with van der Waals surface area (Å²) in [6.45, 7) is 0.181. The summed E-state index contributed by atoms with van der Waals surface area (Å²) < 4.78 is 8.44. The van der Waals surface area contributed by atoms with Crippen molar-refractivity contribution in [1.82, 2.24) is 25.3 Å². The van der Waals surface area contributed by atoms with E-state index in [4.69, 9.17) is 17.2 Å². The van der Waals surface area contributed by atoms with Gasteiger partial charge in [0.1, 0.15) is 6.04 Å². The Morgan fingerprint density at radius 3 is 2.34 bits per heavy atom. The second-order valence-electron chi connectivity index (χ2n) is 7.51. The number of esters is 2. The van der Waals surface area contributed by atoms with Crippen LogP contribution >= 0.6 is 0 Å². The largest absolute Gasteiger partial charge is 0.412 e. The topological polar surface area (TPSA) is 277 Å². The van der Waals surface area contributed by atoms with E-state index in [0.29, 0.717) is 11.4 Å². The van der Waals surface area contributed by atoms with Crippen molar-refractivity contribution < 1.29 is 33.4 Å². The van der Waals surface area contributed by atoms with Crippen LogP contribution in [0.1, 0.15) is 28.9 Å². The van der Waals surface area contributed by atoms with Gasteiger partial charge < -0.3 is 37.3 Å².